The molecule has 1 heterocycles. The molecule has 0 bridgehead atoms. The summed E-state index contributed by atoms with van der Waals surface area (Å²) in [7, 11) is 0. The molecule has 3 nitrogen and oxygen atoms in total. The molecule has 0 aliphatic rings. The molecule has 0 aromatic carbocycles. The van der Waals surface area contributed by atoms with Crippen LogP contribution in [-0.4, -0.2) is 16.1 Å². The average molecular weight is 206 g/mol. The number of aliphatic carboxylic acids is 1. The van der Waals surface area contributed by atoms with E-state index >= 15 is 0 Å². The summed E-state index contributed by atoms with van der Waals surface area (Å²) in [6.07, 6.45) is -0.142. The lowest BCUT2D eigenvalue weighted by atomic mass is 10.3. The Labute approximate surface area is 78.9 Å². The van der Waals surface area contributed by atoms with E-state index in [4.69, 9.17) is 28.3 Å². The zero-order chi connectivity index (χ0) is 9.14. The first-order valence-corrected chi connectivity index (χ1v) is 3.88. The van der Waals surface area contributed by atoms with E-state index in [-0.39, 0.29) is 11.6 Å². The number of carboxylic acids is 1. The van der Waals surface area contributed by atoms with E-state index < -0.39 is 5.97 Å². The van der Waals surface area contributed by atoms with E-state index in [9.17, 15) is 4.79 Å². The van der Waals surface area contributed by atoms with Crippen molar-refractivity contribution in [1.82, 2.24) is 4.98 Å². The zero-order valence-corrected chi connectivity index (χ0v) is 7.43. The van der Waals surface area contributed by atoms with Crippen LogP contribution in [0, 0.1) is 0 Å². The van der Waals surface area contributed by atoms with Gasteiger partial charge in [0.05, 0.1) is 17.1 Å². The van der Waals surface area contributed by atoms with Crippen LogP contribution in [-0.2, 0) is 11.2 Å². The van der Waals surface area contributed by atoms with Gasteiger partial charge in [-0.25, -0.2) is 4.98 Å². The first-order valence-electron chi connectivity index (χ1n) is 3.12. The smallest absolute Gasteiger partial charge is 0.309 e. The highest BCUT2D eigenvalue weighted by molar-refractivity contribution is 6.41. The SMILES string of the molecule is O=C(O)Cc1ccc(Cl)c(Cl)n1. The van der Waals surface area contributed by atoms with Crippen LogP contribution in [0.5, 0.6) is 0 Å². The van der Waals surface area contributed by atoms with Gasteiger partial charge < -0.3 is 5.11 Å². The molecule has 0 atom stereocenters. The molecule has 1 N–H and O–H groups in total. The topological polar surface area (TPSA) is 50.2 Å². The Hall–Kier alpha value is -0.800. The summed E-state index contributed by atoms with van der Waals surface area (Å²) in [6.45, 7) is 0. The summed E-state index contributed by atoms with van der Waals surface area (Å²) in [6, 6.07) is 3.05. The van der Waals surface area contributed by atoms with E-state index in [0.717, 1.165) is 0 Å². The van der Waals surface area contributed by atoms with Crippen molar-refractivity contribution in [3.8, 4) is 0 Å². The molecule has 1 aromatic heterocycles. The van der Waals surface area contributed by atoms with Gasteiger partial charge in [0.15, 0.2) is 0 Å². The summed E-state index contributed by atoms with van der Waals surface area (Å²) in [5.41, 5.74) is 0.400. The van der Waals surface area contributed by atoms with Gasteiger partial charge in [-0.2, -0.15) is 0 Å². The number of halogens is 2. The predicted molar refractivity (Wildman–Crippen MR) is 45.6 cm³/mol. The van der Waals surface area contributed by atoms with E-state index in [0.29, 0.717) is 10.7 Å². The second kappa shape index (κ2) is 3.74. The Morgan fingerprint density at radius 3 is 2.67 bits per heavy atom. The molecular weight excluding hydrogens is 201 g/mol. The Balaban J connectivity index is 2.89. The number of carbonyl (C=O) groups is 1. The van der Waals surface area contributed by atoms with Gasteiger partial charge in [0.25, 0.3) is 0 Å². The molecule has 0 radical (unpaired) electrons. The van der Waals surface area contributed by atoms with Crippen molar-refractivity contribution in [2.45, 2.75) is 6.42 Å². The second-order valence-corrected chi connectivity index (χ2v) is 2.91. The molecular formula is C7H5Cl2NO2. The molecule has 0 saturated heterocycles. The predicted octanol–water partition coefficient (Wildman–Crippen LogP) is 2.02. The number of aromatic nitrogens is 1. The average Bonchev–Trinajstić information content (AvgIpc) is 1.96. The van der Waals surface area contributed by atoms with Crippen LogP contribution in [0.3, 0.4) is 0 Å². The van der Waals surface area contributed by atoms with Gasteiger partial charge in [0.1, 0.15) is 5.15 Å². The highest BCUT2D eigenvalue weighted by atomic mass is 35.5. The van der Waals surface area contributed by atoms with Gasteiger partial charge >= 0.3 is 5.97 Å². The number of hydrogen-bond donors (Lipinski definition) is 1. The summed E-state index contributed by atoms with van der Waals surface area (Å²) in [5.74, 6) is -0.944. The highest BCUT2D eigenvalue weighted by Gasteiger charge is 2.04. The van der Waals surface area contributed by atoms with Crippen molar-refractivity contribution < 1.29 is 9.90 Å². The third-order valence-corrected chi connectivity index (χ3v) is 1.88. The van der Waals surface area contributed by atoms with Crippen molar-refractivity contribution in [1.29, 1.82) is 0 Å². The molecule has 12 heavy (non-hydrogen) atoms. The summed E-state index contributed by atoms with van der Waals surface area (Å²) in [4.78, 5) is 14.0. The lowest BCUT2D eigenvalue weighted by Crippen LogP contribution is -2.02. The molecule has 1 aromatic rings. The molecule has 0 unspecified atom stereocenters. The Morgan fingerprint density at radius 1 is 1.50 bits per heavy atom. The first kappa shape index (κ1) is 9.29. The number of pyridine rings is 1. The minimum absolute atomic E-state index is 0.135. The second-order valence-electron chi connectivity index (χ2n) is 2.15. The first-order chi connectivity index (χ1) is 5.59. The largest absolute Gasteiger partial charge is 0.481 e. The monoisotopic (exact) mass is 205 g/mol. The zero-order valence-electron chi connectivity index (χ0n) is 5.92. The van der Waals surface area contributed by atoms with E-state index in [1.807, 2.05) is 0 Å². The van der Waals surface area contributed by atoms with Crippen LogP contribution in [0.4, 0.5) is 0 Å². The van der Waals surface area contributed by atoms with Crippen molar-refractivity contribution in [2.24, 2.45) is 0 Å². The van der Waals surface area contributed by atoms with Gasteiger partial charge in [-0.3, -0.25) is 4.79 Å². The van der Waals surface area contributed by atoms with Crippen molar-refractivity contribution in [2.75, 3.05) is 0 Å². The maximum atomic E-state index is 10.2. The Bertz CT molecular complexity index is 314. The maximum absolute atomic E-state index is 10.2. The van der Waals surface area contributed by atoms with Crippen LogP contribution in [0.15, 0.2) is 12.1 Å². The van der Waals surface area contributed by atoms with Crippen molar-refractivity contribution in [3.63, 3.8) is 0 Å². The fraction of sp³-hybridized carbons (Fsp3) is 0.143. The molecule has 1 rings (SSSR count). The molecule has 0 amide bonds. The Morgan fingerprint density at radius 2 is 2.17 bits per heavy atom. The molecule has 0 aliphatic carbocycles. The molecule has 64 valence electrons. The minimum Gasteiger partial charge on any atom is -0.481 e. The van der Waals surface area contributed by atoms with E-state index in [1.165, 1.54) is 12.1 Å². The quantitative estimate of drug-likeness (QED) is 0.753. The van der Waals surface area contributed by atoms with Gasteiger partial charge in [-0.05, 0) is 12.1 Å². The molecule has 0 saturated carbocycles. The number of carboxylic acid groups (broad SMARTS) is 1. The standard InChI is InChI=1S/C7H5Cl2NO2/c8-5-2-1-4(3-6(11)12)10-7(5)9/h1-2H,3H2,(H,11,12). The summed E-state index contributed by atoms with van der Waals surface area (Å²) < 4.78 is 0. The normalized spacial score (nSPS) is 9.83. The van der Waals surface area contributed by atoms with E-state index in [1.54, 1.807) is 0 Å². The van der Waals surface area contributed by atoms with Crippen LogP contribution >= 0.6 is 23.2 Å². The number of rotatable bonds is 2. The maximum Gasteiger partial charge on any atom is 0.309 e. The Kier molecular flexibility index (Phi) is 2.89. The fourth-order valence-electron chi connectivity index (χ4n) is 0.708. The number of nitrogens with zero attached hydrogens (tertiary/aromatic N) is 1. The van der Waals surface area contributed by atoms with Gasteiger partial charge in [0.2, 0.25) is 0 Å². The third kappa shape index (κ3) is 2.36. The van der Waals surface area contributed by atoms with Gasteiger partial charge in [-0.1, -0.05) is 23.2 Å². The van der Waals surface area contributed by atoms with Crippen LogP contribution in [0.2, 0.25) is 10.2 Å². The van der Waals surface area contributed by atoms with Crippen molar-refractivity contribution >= 4 is 29.2 Å². The summed E-state index contributed by atoms with van der Waals surface area (Å²) in [5, 5.41) is 8.87. The fourth-order valence-corrected chi connectivity index (χ4v) is 0.985. The van der Waals surface area contributed by atoms with Crippen LogP contribution < -0.4 is 0 Å². The molecule has 0 spiro atoms. The van der Waals surface area contributed by atoms with Crippen LogP contribution in [0.25, 0.3) is 0 Å². The third-order valence-electron chi connectivity index (χ3n) is 1.19. The number of hydrogen-bond acceptors (Lipinski definition) is 2. The molecule has 0 aliphatic heterocycles. The highest BCUT2D eigenvalue weighted by Crippen LogP contribution is 2.18. The molecule has 5 heteroatoms. The van der Waals surface area contributed by atoms with Crippen molar-refractivity contribution in [3.05, 3.63) is 28.0 Å². The van der Waals surface area contributed by atoms with Gasteiger partial charge in [0, 0.05) is 0 Å². The summed E-state index contributed by atoms with van der Waals surface area (Å²) >= 11 is 11.1. The lowest BCUT2D eigenvalue weighted by molar-refractivity contribution is -0.136. The lowest BCUT2D eigenvalue weighted by Gasteiger charge is -1.97. The molecule has 0 fully saturated rings. The minimum atomic E-state index is -0.944. The van der Waals surface area contributed by atoms with Crippen LogP contribution in [0.1, 0.15) is 5.69 Å². The van der Waals surface area contributed by atoms with Gasteiger partial charge in [-0.15, -0.1) is 0 Å². The van der Waals surface area contributed by atoms with E-state index in [2.05, 4.69) is 4.98 Å².